The molecule has 0 aliphatic heterocycles. The van der Waals surface area contributed by atoms with Crippen LogP contribution < -0.4 is 21.3 Å². The summed E-state index contributed by atoms with van der Waals surface area (Å²) in [5.41, 5.74) is 1.27. The van der Waals surface area contributed by atoms with Crippen LogP contribution in [0, 0.1) is 0 Å². The van der Waals surface area contributed by atoms with E-state index in [1.54, 1.807) is 50.5 Å². The number of hydrogen-bond acceptors (Lipinski definition) is 6. The molecule has 0 aromatic heterocycles. The molecule has 1 aliphatic carbocycles. The molecule has 3 rings (SSSR count). The van der Waals surface area contributed by atoms with Crippen molar-refractivity contribution < 1.29 is 19.2 Å². The molecule has 172 valence electrons. The number of rotatable bonds is 8. The molecule has 8 nitrogen and oxygen atoms in total. The summed E-state index contributed by atoms with van der Waals surface area (Å²) in [7, 11) is 3.47. The van der Waals surface area contributed by atoms with Crippen molar-refractivity contribution in [3.63, 3.8) is 0 Å². The van der Waals surface area contributed by atoms with Gasteiger partial charge < -0.3 is 21.3 Å². The van der Waals surface area contributed by atoms with Gasteiger partial charge in [-0.25, -0.2) is 0 Å². The first-order valence-corrected chi connectivity index (χ1v) is 9.72. The van der Waals surface area contributed by atoms with Gasteiger partial charge in [0.25, 0.3) is 0 Å². The third-order valence-corrected chi connectivity index (χ3v) is 4.83. The van der Waals surface area contributed by atoms with E-state index in [2.05, 4.69) is 21.3 Å². The zero-order valence-electron chi connectivity index (χ0n) is 17.7. The number of amides is 2. The van der Waals surface area contributed by atoms with E-state index in [1.165, 1.54) is 0 Å². The summed E-state index contributed by atoms with van der Waals surface area (Å²) >= 11 is 0. The first-order chi connectivity index (χ1) is 14.5. The maximum absolute atomic E-state index is 13.2. The normalized spacial score (nSPS) is 11.4. The number of halogens is 2. The molecule has 10 heteroatoms. The van der Waals surface area contributed by atoms with Gasteiger partial charge in [-0.1, -0.05) is 24.3 Å². The summed E-state index contributed by atoms with van der Waals surface area (Å²) in [5.74, 6) is -1.29. The summed E-state index contributed by atoms with van der Waals surface area (Å²) in [6.45, 7) is 0.951. The van der Waals surface area contributed by atoms with Crippen LogP contribution in [0.1, 0.15) is 44.7 Å². The Morgan fingerprint density at radius 2 is 1.06 bits per heavy atom. The third-order valence-electron chi connectivity index (χ3n) is 4.83. The highest BCUT2D eigenvalue weighted by Gasteiger charge is 2.34. The largest absolute Gasteiger partial charge is 0.325 e. The van der Waals surface area contributed by atoms with Gasteiger partial charge in [0.1, 0.15) is 0 Å². The van der Waals surface area contributed by atoms with Crippen molar-refractivity contribution in [3.8, 4) is 0 Å². The van der Waals surface area contributed by atoms with E-state index in [4.69, 9.17) is 0 Å². The lowest BCUT2D eigenvalue weighted by Crippen LogP contribution is -2.27. The minimum absolute atomic E-state index is 0. The number of carbonyl (C=O) groups excluding carboxylic acids is 4. The van der Waals surface area contributed by atoms with Gasteiger partial charge in [-0.05, 0) is 26.2 Å². The highest BCUT2D eigenvalue weighted by atomic mass is 35.5. The third kappa shape index (κ3) is 5.72. The molecule has 0 bridgehead atoms. The first-order valence-electron chi connectivity index (χ1n) is 9.72. The fourth-order valence-electron chi connectivity index (χ4n) is 3.33. The highest BCUT2D eigenvalue weighted by molar-refractivity contribution is 6.32. The molecule has 1 aliphatic rings. The quantitative estimate of drug-likeness (QED) is 0.393. The molecule has 0 saturated heterocycles. The van der Waals surface area contributed by atoms with Crippen molar-refractivity contribution >= 4 is 59.6 Å². The second-order valence-corrected chi connectivity index (χ2v) is 6.92. The Kier molecular flexibility index (Phi) is 10.5. The Hall–Kier alpha value is -2.78. The highest BCUT2D eigenvalue weighted by Crippen LogP contribution is 2.36. The molecular formula is C22H26Cl2N4O4. The van der Waals surface area contributed by atoms with Crippen LogP contribution in [-0.4, -0.2) is 50.6 Å². The Balaban J connectivity index is 0.00000256. The second-order valence-electron chi connectivity index (χ2n) is 6.92. The van der Waals surface area contributed by atoms with Gasteiger partial charge in [-0.15, -0.1) is 24.8 Å². The number of hydrogen-bond donors (Lipinski definition) is 4. The topological polar surface area (TPSA) is 116 Å². The van der Waals surface area contributed by atoms with Crippen molar-refractivity contribution in [1.29, 1.82) is 0 Å². The number of ketones is 2. The minimum atomic E-state index is -0.365. The summed E-state index contributed by atoms with van der Waals surface area (Å²) < 4.78 is 0. The lowest BCUT2D eigenvalue weighted by atomic mass is 9.82. The summed E-state index contributed by atoms with van der Waals surface area (Å²) in [4.78, 5) is 51.0. The zero-order chi connectivity index (χ0) is 21.7. The van der Waals surface area contributed by atoms with E-state index in [9.17, 15) is 19.2 Å². The van der Waals surface area contributed by atoms with E-state index in [0.29, 0.717) is 13.1 Å². The maximum Gasteiger partial charge on any atom is 0.225 e. The van der Waals surface area contributed by atoms with Crippen LogP contribution in [0.5, 0.6) is 0 Å². The lowest BCUT2D eigenvalue weighted by Gasteiger charge is -2.23. The van der Waals surface area contributed by atoms with E-state index in [0.717, 1.165) is 0 Å². The fraction of sp³-hybridized carbons (Fsp3) is 0.273. The molecule has 2 aromatic rings. The van der Waals surface area contributed by atoms with Crippen LogP contribution in [0.15, 0.2) is 36.4 Å². The van der Waals surface area contributed by atoms with Gasteiger partial charge in [-0.2, -0.15) is 0 Å². The van der Waals surface area contributed by atoms with Crippen LogP contribution in [0.4, 0.5) is 11.4 Å². The summed E-state index contributed by atoms with van der Waals surface area (Å²) in [6, 6.07) is 9.63. The zero-order valence-corrected chi connectivity index (χ0v) is 19.4. The van der Waals surface area contributed by atoms with E-state index < -0.39 is 0 Å². The predicted molar refractivity (Wildman–Crippen MR) is 129 cm³/mol. The molecule has 0 heterocycles. The maximum atomic E-state index is 13.2. The van der Waals surface area contributed by atoms with Crippen molar-refractivity contribution in [2.45, 2.75) is 12.8 Å². The second kappa shape index (κ2) is 12.3. The number of benzene rings is 2. The van der Waals surface area contributed by atoms with Gasteiger partial charge in [-0.3, -0.25) is 19.2 Å². The summed E-state index contributed by atoms with van der Waals surface area (Å²) in [5, 5.41) is 11.2. The Labute approximate surface area is 198 Å². The molecule has 0 spiro atoms. The van der Waals surface area contributed by atoms with Gasteiger partial charge >= 0.3 is 0 Å². The molecular weight excluding hydrogens is 455 g/mol. The molecule has 2 aromatic carbocycles. The standard InChI is InChI=1S/C22H24N4O4.2ClH/c1-23-11-9-17(27)25-15-7-8-16(26-18(28)10-12-24-2)20-19(15)21(29)13-5-3-4-6-14(13)22(20)30;;/h3-8,23-24H,9-12H2,1-2H3,(H,25,27)(H,26,28);2*1H. The van der Waals surface area contributed by atoms with E-state index >= 15 is 0 Å². The summed E-state index contributed by atoms with van der Waals surface area (Å²) in [6.07, 6.45) is 0.430. The average molecular weight is 481 g/mol. The monoisotopic (exact) mass is 480 g/mol. The fourth-order valence-corrected chi connectivity index (χ4v) is 3.33. The molecule has 4 N–H and O–H groups in total. The van der Waals surface area contributed by atoms with Crippen molar-refractivity contribution in [2.24, 2.45) is 0 Å². The van der Waals surface area contributed by atoms with Gasteiger partial charge in [0.05, 0.1) is 22.5 Å². The number of fused-ring (bicyclic) bond motifs is 2. The van der Waals surface area contributed by atoms with Crippen molar-refractivity contribution in [2.75, 3.05) is 37.8 Å². The predicted octanol–water partition coefficient (Wildman–Crippen LogP) is 2.40. The Bertz CT molecular complexity index is 947. The smallest absolute Gasteiger partial charge is 0.225 e. The van der Waals surface area contributed by atoms with Crippen molar-refractivity contribution in [3.05, 3.63) is 58.7 Å². The van der Waals surface area contributed by atoms with E-state index in [-0.39, 0.29) is 94.7 Å². The van der Waals surface area contributed by atoms with Gasteiger partial charge in [0, 0.05) is 37.1 Å². The molecule has 0 saturated carbocycles. The van der Waals surface area contributed by atoms with Crippen LogP contribution in [0.25, 0.3) is 0 Å². The Morgan fingerprint density at radius 1 is 0.688 bits per heavy atom. The molecule has 32 heavy (non-hydrogen) atoms. The van der Waals surface area contributed by atoms with Crippen molar-refractivity contribution in [1.82, 2.24) is 10.6 Å². The SMILES string of the molecule is CNCCC(=O)Nc1ccc(NC(=O)CCNC)c2c1C(=O)c1ccccc1C2=O.Cl.Cl. The minimum Gasteiger partial charge on any atom is -0.325 e. The Morgan fingerprint density at radius 3 is 1.41 bits per heavy atom. The van der Waals surface area contributed by atoms with Gasteiger partial charge in [0.15, 0.2) is 11.6 Å². The molecule has 0 atom stereocenters. The molecule has 0 fully saturated rings. The van der Waals surface area contributed by atoms with E-state index in [1.807, 2.05) is 0 Å². The number of nitrogens with one attached hydrogen (secondary N) is 4. The van der Waals surface area contributed by atoms with Gasteiger partial charge in [0.2, 0.25) is 11.8 Å². The average Bonchev–Trinajstić information content (AvgIpc) is 2.75. The number of carbonyl (C=O) groups is 4. The molecule has 0 unspecified atom stereocenters. The molecule has 0 radical (unpaired) electrons. The molecule has 2 amide bonds. The lowest BCUT2D eigenvalue weighted by molar-refractivity contribution is -0.117. The van der Waals surface area contributed by atoms with Crippen LogP contribution >= 0.6 is 24.8 Å². The van der Waals surface area contributed by atoms with Crippen LogP contribution in [0.2, 0.25) is 0 Å². The van der Waals surface area contributed by atoms with Crippen LogP contribution in [-0.2, 0) is 9.59 Å². The van der Waals surface area contributed by atoms with Crippen LogP contribution in [0.3, 0.4) is 0 Å². The number of anilines is 2. The first kappa shape index (κ1) is 27.3.